The van der Waals surface area contributed by atoms with Crippen molar-refractivity contribution in [2.24, 2.45) is 5.92 Å². The monoisotopic (exact) mass is 205 g/mol. The second-order valence-corrected chi connectivity index (χ2v) is 4.38. The molecule has 82 valence electrons. The molecule has 1 saturated carbocycles. The highest BCUT2D eigenvalue weighted by atomic mass is 16.5. The first-order chi connectivity index (χ1) is 7.29. The second-order valence-electron chi connectivity index (χ2n) is 4.38. The van der Waals surface area contributed by atoms with Crippen LogP contribution < -0.4 is 10.1 Å². The average molecular weight is 205 g/mol. The molecule has 1 aliphatic rings. The first-order valence-electron chi connectivity index (χ1n) is 5.66. The zero-order chi connectivity index (χ0) is 10.7. The molecule has 0 unspecified atom stereocenters. The van der Waals surface area contributed by atoms with Crippen LogP contribution in [0.5, 0.6) is 5.75 Å². The summed E-state index contributed by atoms with van der Waals surface area (Å²) in [5.74, 6) is 1.87. The predicted molar refractivity (Wildman–Crippen MR) is 62.2 cm³/mol. The summed E-state index contributed by atoms with van der Waals surface area (Å²) in [6.07, 6.45) is 2.69. The third-order valence-corrected chi connectivity index (χ3v) is 2.80. The fourth-order valence-corrected chi connectivity index (χ4v) is 1.61. The standard InChI is InChI=1S/C13H19NO/c1-10-3-4-12(8-14-2)7-13(10)15-9-11-5-6-11/h3-4,7,11,14H,5-6,8-9H2,1-2H3. The van der Waals surface area contributed by atoms with Crippen molar-refractivity contribution >= 4 is 0 Å². The summed E-state index contributed by atoms with van der Waals surface area (Å²) in [5.41, 5.74) is 2.52. The van der Waals surface area contributed by atoms with E-state index in [2.05, 4.69) is 30.4 Å². The highest BCUT2D eigenvalue weighted by molar-refractivity contribution is 5.36. The Hall–Kier alpha value is -1.02. The Bertz CT molecular complexity index is 331. The summed E-state index contributed by atoms with van der Waals surface area (Å²) in [6, 6.07) is 6.43. The molecule has 0 spiro atoms. The van der Waals surface area contributed by atoms with Crippen molar-refractivity contribution in [3.05, 3.63) is 29.3 Å². The van der Waals surface area contributed by atoms with Crippen LogP contribution in [0.1, 0.15) is 24.0 Å². The highest BCUT2D eigenvalue weighted by Gasteiger charge is 2.22. The summed E-state index contributed by atoms with van der Waals surface area (Å²) >= 11 is 0. The van der Waals surface area contributed by atoms with Gasteiger partial charge in [0, 0.05) is 6.54 Å². The zero-order valence-electron chi connectivity index (χ0n) is 9.55. The van der Waals surface area contributed by atoms with Crippen molar-refractivity contribution in [2.45, 2.75) is 26.3 Å². The molecule has 0 radical (unpaired) electrons. The minimum atomic E-state index is 0.817. The maximum absolute atomic E-state index is 5.82. The van der Waals surface area contributed by atoms with Crippen LogP contribution in [-0.2, 0) is 6.54 Å². The van der Waals surface area contributed by atoms with Crippen molar-refractivity contribution in [3.8, 4) is 5.75 Å². The van der Waals surface area contributed by atoms with E-state index in [9.17, 15) is 0 Å². The van der Waals surface area contributed by atoms with E-state index >= 15 is 0 Å². The van der Waals surface area contributed by atoms with Gasteiger partial charge in [-0.05, 0) is 49.9 Å². The number of hydrogen-bond donors (Lipinski definition) is 1. The van der Waals surface area contributed by atoms with Crippen molar-refractivity contribution in [1.82, 2.24) is 5.32 Å². The lowest BCUT2D eigenvalue weighted by atomic mass is 10.1. The van der Waals surface area contributed by atoms with Crippen molar-refractivity contribution < 1.29 is 4.74 Å². The number of rotatable bonds is 5. The summed E-state index contributed by atoms with van der Waals surface area (Å²) in [4.78, 5) is 0. The van der Waals surface area contributed by atoms with Gasteiger partial charge >= 0.3 is 0 Å². The van der Waals surface area contributed by atoms with Crippen LogP contribution in [0.3, 0.4) is 0 Å². The lowest BCUT2D eigenvalue weighted by Crippen LogP contribution is -2.06. The Morgan fingerprint density at radius 2 is 2.20 bits per heavy atom. The van der Waals surface area contributed by atoms with Crippen LogP contribution in [0.4, 0.5) is 0 Å². The zero-order valence-corrected chi connectivity index (χ0v) is 9.55. The number of benzene rings is 1. The van der Waals surface area contributed by atoms with E-state index in [0.717, 1.165) is 24.8 Å². The van der Waals surface area contributed by atoms with Gasteiger partial charge in [-0.1, -0.05) is 12.1 Å². The predicted octanol–water partition coefficient (Wildman–Crippen LogP) is 2.50. The summed E-state index contributed by atoms with van der Waals surface area (Å²) in [6.45, 7) is 3.90. The van der Waals surface area contributed by atoms with E-state index in [1.54, 1.807) is 0 Å². The Balaban J connectivity index is 2.01. The quantitative estimate of drug-likeness (QED) is 0.797. The third-order valence-electron chi connectivity index (χ3n) is 2.80. The van der Waals surface area contributed by atoms with Gasteiger partial charge in [-0.3, -0.25) is 0 Å². The van der Waals surface area contributed by atoms with Crippen LogP contribution in [0.2, 0.25) is 0 Å². The van der Waals surface area contributed by atoms with E-state index in [1.807, 2.05) is 7.05 Å². The lowest BCUT2D eigenvalue weighted by molar-refractivity contribution is 0.297. The minimum Gasteiger partial charge on any atom is -0.493 e. The van der Waals surface area contributed by atoms with Crippen LogP contribution in [0, 0.1) is 12.8 Å². The van der Waals surface area contributed by atoms with Gasteiger partial charge in [0.1, 0.15) is 5.75 Å². The molecule has 2 rings (SSSR count). The molecule has 1 aliphatic carbocycles. The molecule has 1 aromatic rings. The largest absolute Gasteiger partial charge is 0.493 e. The minimum absolute atomic E-state index is 0.817. The molecule has 15 heavy (non-hydrogen) atoms. The molecule has 0 saturated heterocycles. The van der Waals surface area contributed by atoms with Crippen molar-refractivity contribution in [3.63, 3.8) is 0 Å². The van der Waals surface area contributed by atoms with Gasteiger partial charge in [-0.15, -0.1) is 0 Å². The van der Waals surface area contributed by atoms with Gasteiger partial charge in [0.05, 0.1) is 6.61 Å². The number of hydrogen-bond acceptors (Lipinski definition) is 2. The van der Waals surface area contributed by atoms with Gasteiger partial charge in [0.2, 0.25) is 0 Å². The van der Waals surface area contributed by atoms with Crippen molar-refractivity contribution in [1.29, 1.82) is 0 Å². The van der Waals surface area contributed by atoms with Crippen LogP contribution in [-0.4, -0.2) is 13.7 Å². The van der Waals surface area contributed by atoms with E-state index in [-0.39, 0.29) is 0 Å². The van der Waals surface area contributed by atoms with Crippen LogP contribution >= 0.6 is 0 Å². The second kappa shape index (κ2) is 4.67. The molecule has 1 N–H and O–H groups in total. The molecule has 0 aliphatic heterocycles. The molecule has 0 amide bonds. The lowest BCUT2D eigenvalue weighted by Gasteiger charge is -2.10. The van der Waals surface area contributed by atoms with E-state index < -0.39 is 0 Å². The highest BCUT2D eigenvalue weighted by Crippen LogP contribution is 2.30. The molecular weight excluding hydrogens is 186 g/mol. The molecule has 0 aromatic heterocycles. The average Bonchev–Trinajstić information content (AvgIpc) is 3.03. The first-order valence-corrected chi connectivity index (χ1v) is 5.66. The molecule has 2 nitrogen and oxygen atoms in total. The molecular formula is C13H19NO. The Morgan fingerprint density at radius 1 is 1.40 bits per heavy atom. The molecule has 1 aromatic carbocycles. The summed E-state index contributed by atoms with van der Waals surface area (Å²) < 4.78 is 5.82. The summed E-state index contributed by atoms with van der Waals surface area (Å²) in [5, 5.41) is 3.15. The molecule has 1 fully saturated rings. The van der Waals surface area contributed by atoms with Crippen LogP contribution in [0.15, 0.2) is 18.2 Å². The maximum Gasteiger partial charge on any atom is 0.122 e. The van der Waals surface area contributed by atoms with Gasteiger partial charge in [-0.2, -0.15) is 0 Å². The van der Waals surface area contributed by atoms with Gasteiger partial charge < -0.3 is 10.1 Å². The molecule has 2 heteroatoms. The van der Waals surface area contributed by atoms with Crippen LogP contribution in [0.25, 0.3) is 0 Å². The number of aryl methyl sites for hydroxylation is 1. The first kappa shape index (κ1) is 10.5. The molecule has 0 atom stereocenters. The van der Waals surface area contributed by atoms with E-state index in [0.29, 0.717) is 0 Å². The van der Waals surface area contributed by atoms with Gasteiger partial charge in [-0.25, -0.2) is 0 Å². The summed E-state index contributed by atoms with van der Waals surface area (Å²) in [7, 11) is 1.96. The van der Waals surface area contributed by atoms with E-state index in [1.165, 1.54) is 24.0 Å². The van der Waals surface area contributed by atoms with Gasteiger partial charge in [0.25, 0.3) is 0 Å². The number of ether oxygens (including phenoxy) is 1. The Labute approximate surface area is 91.6 Å². The molecule has 0 heterocycles. The number of nitrogens with one attached hydrogen (secondary N) is 1. The normalized spacial score (nSPS) is 15.3. The van der Waals surface area contributed by atoms with Crippen molar-refractivity contribution in [2.75, 3.05) is 13.7 Å². The van der Waals surface area contributed by atoms with Gasteiger partial charge in [0.15, 0.2) is 0 Å². The topological polar surface area (TPSA) is 21.3 Å². The SMILES string of the molecule is CNCc1ccc(C)c(OCC2CC2)c1. The smallest absolute Gasteiger partial charge is 0.122 e. The molecule has 0 bridgehead atoms. The maximum atomic E-state index is 5.82. The Kier molecular flexibility index (Phi) is 3.27. The van der Waals surface area contributed by atoms with E-state index in [4.69, 9.17) is 4.74 Å². The fourth-order valence-electron chi connectivity index (χ4n) is 1.61. The third kappa shape index (κ3) is 2.96. The Morgan fingerprint density at radius 3 is 2.87 bits per heavy atom. The fraction of sp³-hybridized carbons (Fsp3) is 0.538.